The van der Waals surface area contributed by atoms with Gasteiger partial charge in [-0.25, -0.2) is 8.42 Å². The Morgan fingerprint density at radius 3 is 2.22 bits per heavy atom. The maximum atomic E-state index is 12.8. The van der Waals surface area contributed by atoms with Gasteiger partial charge in [-0.1, -0.05) is 26.0 Å². The summed E-state index contributed by atoms with van der Waals surface area (Å²) in [6, 6.07) is 9.99. The minimum atomic E-state index is -3.61. The Bertz CT molecular complexity index is 926. The zero-order valence-corrected chi connectivity index (χ0v) is 17.6. The molecule has 0 fully saturated rings. The molecule has 2 aromatic carbocycles. The Hall–Kier alpha value is -2.09. The van der Waals surface area contributed by atoms with Crippen LogP contribution in [0, 0.1) is 13.8 Å². The normalized spacial score (nSPS) is 11.1. The average molecular weight is 412 g/mol. The van der Waals surface area contributed by atoms with E-state index >= 15 is 0 Å². The first kappa shape index (κ1) is 23.0. The first-order valence-electron chi connectivity index (χ1n) is 8.49. The Kier molecular flexibility index (Phi) is 7.83. The number of hydrogen-bond acceptors (Lipinski definition) is 4. The second-order valence-electron chi connectivity index (χ2n) is 6.10. The van der Waals surface area contributed by atoms with Crippen molar-refractivity contribution < 1.29 is 13.2 Å². The van der Waals surface area contributed by atoms with Gasteiger partial charge in [0, 0.05) is 30.0 Å². The molecule has 2 rings (SSSR count). The van der Waals surface area contributed by atoms with E-state index in [0.717, 1.165) is 5.56 Å². The molecule has 2 aromatic rings. The van der Waals surface area contributed by atoms with Crippen molar-refractivity contribution in [1.82, 2.24) is 4.31 Å². The number of aryl methyl sites for hydroxylation is 2. The molecular weight excluding hydrogens is 386 g/mol. The summed E-state index contributed by atoms with van der Waals surface area (Å²) in [6.07, 6.45) is 0. The number of hydrogen-bond donors (Lipinski definition) is 2. The molecule has 3 N–H and O–H groups in total. The van der Waals surface area contributed by atoms with E-state index in [1.54, 1.807) is 51.1 Å². The Morgan fingerprint density at radius 1 is 1.04 bits per heavy atom. The highest BCUT2D eigenvalue weighted by Gasteiger charge is 2.24. The molecule has 1 amide bonds. The number of nitrogens with one attached hydrogen (secondary N) is 1. The summed E-state index contributed by atoms with van der Waals surface area (Å²) in [6.45, 7) is 7.92. The average Bonchev–Trinajstić information content (AvgIpc) is 2.59. The number of benzene rings is 2. The molecule has 0 saturated heterocycles. The van der Waals surface area contributed by atoms with Gasteiger partial charge in [0.25, 0.3) is 5.91 Å². The molecule has 0 spiro atoms. The van der Waals surface area contributed by atoms with Crippen LogP contribution < -0.4 is 11.1 Å². The number of amides is 1. The molecule has 148 valence electrons. The van der Waals surface area contributed by atoms with Crippen molar-refractivity contribution >= 4 is 39.7 Å². The zero-order valence-electron chi connectivity index (χ0n) is 15.9. The standard InChI is InChI=1S/C19H25N3O3S.ClH/c1-5-22(6-2)26(24,25)18-12-16(10-8-14(18)4)21-19(23)17-11-15(20)9-7-13(17)3;/h7-12H,5-6,20H2,1-4H3,(H,21,23);1H. The van der Waals surface area contributed by atoms with E-state index in [4.69, 9.17) is 5.73 Å². The van der Waals surface area contributed by atoms with Crippen molar-refractivity contribution in [3.63, 3.8) is 0 Å². The number of anilines is 2. The molecule has 0 atom stereocenters. The first-order chi connectivity index (χ1) is 12.2. The maximum absolute atomic E-state index is 12.8. The lowest BCUT2D eigenvalue weighted by atomic mass is 10.1. The van der Waals surface area contributed by atoms with Crippen molar-refractivity contribution in [2.24, 2.45) is 0 Å². The number of rotatable bonds is 6. The fourth-order valence-electron chi connectivity index (χ4n) is 2.74. The SMILES string of the molecule is CCN(CC)S(=O)(=O)c1cc(NC(=O)c2cc(N)ccc2C)ccc1C.Cl. The second kappa shape index (κ2) is 9.21. The van der Waals surface area contributed by atoms with E-state index in [9.17, 15) is 13.2 Å². The number of sulfonamides is 1. The largest absolute Gasteiger partial charge is 0.399 e. The minimum absolute atomic E-state index is 0. The summed E-state index contributed by atoms with van der Waals surface area (Å²) in [4.78, 5) is 12.8. The third kappa shape index (κ3) is 5.00. The van der Waals surface area contributed by atoms with Gasteiger partial charge in [-0.3, -0.25) is 4.79 Å². The Labute approximate surface area is 167 Å². The maximum Gasteiger partial charge on any atom is 0.256 e. The molecule has 0 aromatic heterocycles. The molecule has 0 saturated carbocycles. The van der Waals surface area contributed by atoms with Gasteiger partial charge in [-0.15, -0.1) is 12.4 Å². The van der Waals surface area contributed by atoms with E-state index in [1.165, 1.54) is 10.4 Å². The second-order valence-corrected chi connectivity index (χ2v) is 8.00. The smallest absolute Gasteiger partial charge is 0.256 e. The van der Waals surface area contributed by atoms with E-state index in [2.05, 4.69) is 5.32 Å². The summed E-state index contributed by atoms with van der Waals surface area (Å²) < 4.78 is 27.0. The summed E-state index contributed by atoms with van der Waals surface area (Å²) in [5.74, 6) is -0.329. The molecule has 0 aliphatic heterocycles. The molecule has 0 bridgehead atoms. The molecule has 0 aliphatic carbocycles. The van der Waals surface area contributed by atoms with Crippen LogP contribution in [-0.4, -0.2) is 31.7 Å². The van der Waals surface area contributed by atoms with Crippen LogP contribution in [0.3, 0.4) is 0 Å². The van der Waals surface area contributed by atoms with Crippen LogP contribution in [0.25, 0.3) is 0 Å². The first-order valence-corrected chi connectivity index (χ1v) is 9.93. The van der Waals surface area contributed by atoms with Crippen LogP contribution >= 0.6 is 12.4 Å². The highest BCUT2D eigenvalue weighted by atomic mass is 35.5. The predicted molar refractivity (Wildman–Crippen MR) is 112 cm³/mol. The third-order valence-electron chi connectivity index (χ3n) is 4.28. The van der Waals surface area contributed by atoms with Gasteiger partial charge < -0.3 is 11.1 Å². The van der Waals surface area contributed by atoms with Gasteiger partial charge in [0.1, 0.15) is 0 Å². The van der Waals surface area contributed by atoms with Crippen LogP contribution in [-0.2, 0) is 10.0 Å². The summed E-state index contributed by atoms with van der Waals surface area (Å²) in [5.41, 5.74) is 8.56. The van der Waals surface area contributed by atoms with Gasteiger partial charge in [-0.05, 0) is 49.2 Å². The van der Waals surface area contributed by atoms with Gasteiger partial charge in [0.15, 0.2) is 0 Å². The van der Waals surface area contributed by atoms with Crippen LogP contribution in [0.5, 0.6) is 0 Å². The lowest BCUT2D eigenvalue weighted by molar-refractivity contribution is 0.102. The lowest BCUT2D eigenvalue weighted by Crippen LogP contribution is -2.31. The number of carbonyl (C=O) groups is 1. The number of carbonyl (C=O) groups excluding carboxylic acids is 1. The van der Waals surface area contributed by atoms with E-state index in [1.807, 2.05) is 6.92 Å². The van der Waals surface area contributed by atoms with Crippen LogP contribution in [0.1, 0.15) is 35.3 Å². The summed E-state index contributed by atoms with van der Waals surface area (Å²) in [5, 5.41) is 2.76. The van der Waals surface area contributed by atoms with Crippen LogP contribution in [0.15, 0.2) is 41.3 Å². The molecular formula is C19H26ClN3O3S. The number of nitrogens with two attached hydrogens (primary N) is 1. The molecule has 27 heavy (non-hydrogen) atoms. The van der Waals surface area contributed by atoms with Gasteiger partial charge in [0.05, 0.1) is 4.90 Å². The molecule has 6 nitrogen and oxygen atoms in total. The number of nitrogen functional groups attached to an aromatic ring is 1. The number of nitrogens with zero attached hydrogens (tertiary/aromatic N) is 1. The molecule has 8 heteroatoms. The monoisotopic (exact) mass is 411 g/mol. The molecule has 0 radical (unpaired) electrons. The van der Waals surface area contributed by atoms with Gasteiger partial charge >= 0.3 is 0 Å². The minimum Gasteiger partial charge on any atom is -0.399 e. The predicted octanol–water partition coefficient (Wildman–Crippen LogP) is 3.59. The zero-order chi connectivity index (χ0) is 19.5. The fourth-order valence-corrected chi connectivity index (χ4v) is 4.45. The highest BCUT2D eigenvalue weighted by Crippen LogP contribution is 2.24. The molecule has 0 aliphatic rings. The molecule has 0 unspecified atom stereocenters. The Balaban J connectivity index is 0.00000364. The highest BCUT2D eigenvalue weighted by molar-refractivity contribution is 7.89. The summed E-state index contributed by atoms with van der Waals surface area (Å²) in [7, 11) is -3.61. The summed E-state index contributed by atoms with van der Waals surface area (Å²) >= 11 is 0. The van der Waals surface area contributed by atoms with Crippen molar-refractivity contribution in [2.45, 2.75) is 32.6 Å². The quantitative estimate of drug-likeness (QED) is 0.710. The lowest BCUT2D eigenvalue weighted by Gasteiger charge is -2.20. The van der Waals surface area contributed by atoms with Crippen molar-refractivity contribution in [3.8, 4) is 0 Å². The fraction of sp³-hybridized carbons (Fsp3) is 0.316. The van der Waals surface area contributed by atoms with Crippen LogP contribution in [0.2, 0.25) is 0 Å². The number of halogens is 1. The topological polar surface area (TPSA) is 92.5 Å². The van der Waals surface area contributed by atoms with Crippen molar-refractivity contribution in [1.29, 1.82) is 0 Å². The van der Waals surface area contributed by atoms with E-state index < -0.39 is 10.0 Å². The van der Waals surface area contributed by atoms with Crippen molar-refractivity contribution in [3.05, 3.63) is 53.1 Å². The van der Waals surface area contributed by atoms with Gasteiger partial charge in [0.2, 0.25) is 10.0 Å². The van der Waals surface area contributed by atoms with Crippen molar-refractivity contribution in [2.75, 3.05) is 24.1 Å². The third-order valence-corrected chi connectivity index (χ3v) is 6.47. The van der Waals surface area contributed by atoms with E-state index in [-0.39, 0.29) is 23.2 Å². The van der Waals surface area contributed by atoms with Gasteiger partial charge in [-0.2, -0.15) is 4.31 Å². The van der Waals surface area contributed by atoms with E-state index in [0.29, 0.717) is 35.6 Å². The molecule has 0 heterocycles. The Morgan fingerprint density at radius 2 is 1.63 bits per heavy atom. The van der Waals surface area contributed by atoms with Crippen LogP contribution in [0.4, 0.5) is 11.4 Å².